The van der Waals surface area contributed by atoms with Crippen LogP contribution in [0.15, 0.2) is 34.7 Å². The lowest BCUT2D eigenvalue weighted by atomic mass is 10.2. The number of methoxy groups -OCH3 is 1. The molecule has 0 fully saturated rings. The quantitative estimate of drug-likeness (QED) is 0.618. The molecule has 0 saturated carbocycles. The van der Waals surface area contributed by atoms with Crippen LogP contribution < -0.4 is 20.3 Å². The van der Waals surface area contributed by atoms with Gasteiger partial charge in [0.15, 0.2) is 17.1 Å². The molecule has 2 aromatic heterocycles. The van der Waals surface area contributed by atoms with Gasteiger partial charge in [-0.2, -0.15) is 0 Å². The number of aryl methyl sites for hydroxylation is 1. The summed E-state index contributed by atoms with van der Waals surface area (Å²) >= 11 is 0. The normalized spacial score (nSPS) is 10.7. The van der Waals surface area contributed by atoms with Crippen molar-refractivity contribution in [2.75, 3.05) is 44.5 Å². The van der Waals surface area contributed by atoms with Gasteiger partial charge >= 0.3 is 0 Å². The molecule has 0 saturated heterocycles. The van der Waals surface area contributed by atoms with Gasteiger partial charge in [-0.3, -0.25) is 4.79 Å². The number of ether oxygens (including phenoxy) is 1. The number of nitrogens with zero attached hydrogens (tertiary/aromatic N) is 3. The lowest BCUT2D eigenvalue weighted by Gasteiger charge is -2.14. The topological polar surface area (TPSA) is 92.5 Å². The Balaban J connectivity index is 1.57. The summed E-state index contributed by atoms with van der Waals surface area (Å²) in [4.78, 5) is 22.9. The molecule has 8 heteroatoms. The molecule has 0 bridgehead atoms. The van der Waals surface area contributed by atoms with E-state index in [0.717, 1.165) is 11.2 Å². The van der Waals surface area contributed by atoms with Gasteiger partial charge in [-0.1, -0.05) is 12.1 Å². The molecule has 0 unspecified atom stereocenters. The monoisotopic (exact) mass is 369 g/mol. The number of anilines is 2. The first-order valence-electron chi connectivity index (χ1n) is 8.59. The molecule has 3 aromatic rings. The largest absolute Gasteiger partial charge is 0.493 e. The lowest BCUT2D eigenvalue weighted by molar-refractivity contribution is 0.0929. The number of fused-ring (bicyclic) bond motifs is 1. The van der Waals surface area contributed by atoms with E-state index in [2.05, 4.69) is 20.6 Å². The van der Waals surface area contributed by atoms with Gasteiger partial charge in [0.1, 0.15) is 17.5 Å². The van der Waals surface area contributed by atoms with Crippen LogP contribution in [0.2, 0.25) is 0 Å². The van der Waals surface area contributed by atoms with E-state index in [1.54, 1.807) is 19.2 Å². The van der Waals surface area contributed by atoms with Gasteiger partial charge in [-0.05, 0) is 19.1 Å². The van der Waals surface area contributed by atoms with Crippen LogP contribution >= 0.6 is 0 Å². The van der Waals surface area contributed by atoms with Crippen LogP contribution in [0.4, 0.5) is 11.6 Å². The molecule has 0 radical (unpaired) electrons. The molecule has 8 nitrogen and oxygen atoms in total. The molecule has 1 aromatic carbocycles. The Hall–Kier alpha value is -3.29. The molecule has 2 heterocycles. The van der Waals surface area contributed by atoms with Crippen molar-refractivity contribution in [1.82, 2.24) is 15.3 Å². The molecule has 142 valence electrons. The van der Waals surface area contributed by atoms with Crippen molar-refractivity contribution in [1.29, 1.82) is 0 Å². The molecule has 0 atom stereocenters. The number of carbonyl (C=O) groups excluding carboxylic acids is 1. The van der Waals surface area contributed by atoms with E-state index in [1.807, 2.05) is 44.1 Å². The third-order valence-electron chi connectivity index (χ3n) is 3.95. The zero-order chi connectivity index (χ0) is 19.4. The minimum Gasteiger partial charge on any atom is -0.493 e. The van der Waals surface area contributed by atoms with Crippen LogP contribution in [-0.4, -0.2) is 50.2 Å². The Labute approximate surface area is 157 Å². The summed E-state index contributed by atoms with van der Waals surface area (Å²) in [6.45, 7) is 2.79. The van der Waals surface area contributed by atoms with Gasteiger partial charge in [0.2, 0.25) is 0 Å². The fraction of sp³-hybridized carbons (Fsp3) is 0.316. The number of hydrogen-bond donors (Lipinski definition) is 2. The fourth-order valence-corrected chi connectivity index (χ4v) is 2.63. The smallest absolute Gasteiger partial charge is 0.287 e. The average molecular weight is 369 g/mol. The number of amides is 1. The number of hydrogen-bond acceptors (Lipinski definition) is 7. The van der Waals surface area contributed by atoms with E-state index in [0.29, 0.717) is 36.1 Å². The van der Waals surface area contributed by atoms with E-state index in [4.69, 9.17) is 9.15 Å². The van der Waals surface area contributed by atoms with Crippen LogP contribution in [0, 0.1) is 6.92 Å². The number of nitrogens with one attached hydrogen (secondary N) is 2. The third kappa shape index (κ3) is 4.28. The van der Waals surface area contributed by atoms with Crippen molar-refractivity contribution in [2.24, 2.45) is 0 Å². The first-order chi connectivity index (χ1) is 13.0. The minimum absolute atomic E-state index is 0.252. The van der Waals surface area contributed by atoms with Gasteiger partial charge in [0, 0.05) is 38.6 Å². The van der Waals surface area contributed by atoms with E-state index in [-0.39, 0.29) is 11.7 Å². The van der Waals surface area contributed by atoms with Gasteiger partial charge in [-0.15, -0.1) is 0 Å². The van der Waals surface area contributed by atoms with Crippen LogP contribution in [0.1, 0.15) is 16.4 Å². The van der Waals surface area contributed by atoms with Gasteiger partial charge in [-0.25, -0.2) is 9.97 Å². The van der Waals surface area contributed by atoms with E-state index >= 15 is 0 Å². The van der Waals surface area contributed by atoms with Crippen molar-refractivity contribution in [3.63, 3.8) is 0 Å². The highest BCUT2D eigenvalue weighted by Crippen LogP contribution is 2.28. The Bertz CT molecular complexity index is 952. The summed E-state index contributed by atoms with van der Waals surface area (Å²) in [5.74, 6) is 2.80. The molecule has 1 amide bonds. The average Bonchev–Trinajstić information content (AvgIpc) is 3.09. The zero-order valence-corrected chi connectivity index (χ0v) is 15.9. The molecule has 2 N–H and O–H groups in total. The summed E-state index contributed by atoms with van der Waals surface area (Å²) in [6, 6.07) is 9.09. The molecular formula is C19H23N5O3. The highest BCUT2D eigenvalue weighted by molar-refractivity contribution is 5.97. The molecular weight excluding hydrogens is 346 g/mol. The second-order valence-electron chi connectivity index (χ2n) is 6.22. The summed E-state index contributed by atoms with van der Waals surface area (Å²) in [7, 11) is 5.42. The first-order valence-corrected chi connectivity index (χ1v) is 8.59. The SMILES string of the molecule is COc1cccc2cc(C(=O)NCCNc3cc(N(C)C)nc(C)n3)oc12. The molecule has 3 rings (SSSR count). The van der Waals surface area contributed by atoms with Crippen molar-refractivity contribution < 1.29 is 13.9 Å². The van der Waals surface area contributed by atoms with E-state index in [1.165, 1.54) is 0 Å². The van der Waals surface area contributed by atoms with Crippen molar-refractivity contribution in [3.05, 3.63) is 41.9 Å². The Kier molecular flexibility index (Phi) is 5.44. The fourth-order valence-electron chi connectivity index (χ4n) is 2.63. The Morgan fingerprint density at radius 2 is 2.04 bits per heavy atom. The molecule has 0 aliphatic carbocycles. The van der Waals surface area contributed by atoms with E-state index < -0.39 is 0 Å². The number of aromatic nitrogens is 2. The highest BCUT2D eigenvalue weighted by atomic mass is 16.5. The predicted octanol–water partition coefficient (Wildman–Crippen LogP) is 2.45. The summed E-state index contributed by atoms with van der Waals surface area (Å²) < 4.78 is 10.9. The number of para-hydroxylation sites is 1. The Morgan fingerprint density at radius 1 is 1.22 bits per heavy atom. The maximum absolute atomic E-state index is 12.3. The van der Waals surface area contributed by atoms with Crippen LogP contribution in [0.25, 0.3) is 11.0 Å². The zero-order valence-electron chi connectivity index (χ0n) is 15.9. The summed E-state index contributed by atoms with van der Waals surface area (Å²) in [5, 5.41) is 6.84. The lowest BCUT2D eigenvalue weighted by Crippen LogP contribution is -2.28. The van der Waals surface area contributed by atoms with Crippen LogP contribution in [0.3, 0.4) is 0 Å². The second kappa shape index (κ2) is 7.94. The third-order valence-corrected chi connectivity index (χ3v) is 3.95. The van der Waals surface area contributed by atoms with Crippen molar-refractivity contribution in [2.45, 2.75) is 6.92 Å². The maximum atomic E-state index is 12.3. The molecule has 0 aliphatic rings. The molecule has 27 heavy (non-hydrogen) atoms. The Morgan fingerprint density at radius 3 is 2.78 bits per heavy atom. The summed E-state index contributed by atoms with van der Waals surface area (Å²) in [5.41, 5.74) is 0.566. The standard InChI is InChI=1S/C19H23N5O3/c1-12-22-16(11-17(23-12)24(2)3)20-8-9-21-19(25)15-10-13-6-5-7-14(26-4)18(13)27-15/h5-7,10-11H,8-9H2,1-4H3,(H,21,25)(H,20,22,23). The molecule has 0 spiro atoms. The van der Waals surface area contributed by atoms with Crippen LogP contribution in [-0.2, 0) is 0 Å². The highest BCUT2D eigenvalue weighted by Gasteiger charge is 2.14. The maximum Gasteiger partial charge on any atom is 0.287 e. The second-order valence-corrected chi connectivity index (χ2v) is 6.22. The minimum atomic E-state index is -0.275. The number of benzene rings is 1. The molecule has 0 aliphatic heterocycles. The van der Waals surface area contributed by atoms with Crippen molar-refractivity contribution in [3.8, 4) is 5.75 Å². The van der Waals surface area contributed by atoms with Crippen molar-refractivity contribution >= 4 is 28.5 Å². The van der Waals surface area contributed by atoms with Gasteiger partial charge in [0.05, 0.1) is 7.11 Å². The van der Waals surface area contributed by atoms with Crippen LogP contribution in [0.5, 0.6) is 5.75 Å². The number of furan rings is 1. The van der Waals surface area contributed by atoms with Gasteiger partial charge in [0.25, 0.3) is 5.91 Å². The number of rotatable bonds is 7. The van der Waals surface area contributed by atoms with Gasteiger partial charge < -0.3 is 24.7 Å². The number of carbonyl (C=O) groups is 1. The summed E-state index contributed by atoms with van der Waals surface area (Å²) in [6.07, 6.45) is 0. The first kappa shape index (κ1) is 18.5. The predicted molar refractivity (Wildman–Crippen MR) is 105 cm³/mol. The van der Waals surface area contributed by atoms with E-state index in [9.17, 15) is 4.79 Å².